The molecule has 17 nitrogen and oxygen atoms in total. The lowest BCUT2D eigenvalue weighted by Crippen LogP contribution is -2.23. The average molecular weight is 934 g/mol. The van der Waals surface area contributed by atoms with Gasteiger partial charge in [-0.3, -0.25) is 34.2 Å². The molecule has 25 heteroatoms. The molecule has 0 radical (unpaired) electrons. The van der Waals surface area contributed by atoms with Gasteiger partial charge in [-0.1, -0.05) is 0 Å². The van der Waals surface area contributed by atoms with Crippen LogP contribution in [0.2, 0.25) is 0 Å². The highest BCUT2D eigenvalue weighted by Crippen LogP contribution is 2.43. The maximum Gasteiger partial charge on any atom is 0.416 e. The van der Waals surface area contributed by atoms with Crippen LogP contribution >= 0.6 is 23.5 Å². The van der Waals surface area contributed by atoms with Gasteiger partial charge in [-0.15, -0.1) is 23.5 Å². The lowest BCUT2D eigenvalue weighted by atomic mass is 10.1. The van der Waals surface area contributed by atoms with Crippen LogP contribution in [-0.2, 0) is 31.5 Å². The molecule has 1 atom stereocenters. The third kappa shape index (κ3) is 19.2. The molecule has 63 heavy (non-hydrogen) atoms. The molecule has 0 aromatic heterocycles. The predicted molar refractivity (Wildman–Crippen MR) is 237 cm³/mol. The Morgan fingerprint density at radius 3 is 1.43 bits per heavy atom. The van der Waals surface area contributed by atoms with Gasteiger partial charge < -0.3 is 55.7 Å². The molecular weight excluding hydrogens is 881 g/mol. The summed E-state index contributed by atoms with van der Waals surface area (Å²) in [4.78, 5) is 65.0. The topological polar surface area (TPSA) is 310 Å². The lowest BCUT2D eigenvalue weighted by Gasteiger charge is -2.20. The standard InChI is InChI=1S/C38H53F6N13O4S2/c1-3-51-28(34(61)57-27-20-23(38(42,43)44)18-25(55-30(59)9-5-7-11-46)32(27)63-15-13-53-36(49)50)16-21(2)33(60)56-26-19-22(37(39,40)41)17-24(54-29(58)8-4-6-10-45)31(26)62-14-12-52-35(47)48/h3,16-21H,4-15,45-46H2,1-2H3,(H,54,58)(H,55,59)(H,56,60)(H,57,61)(H4,47,48,52)(H4,49,50,53)/b28-16-,51-3?. The first-order chi connectivity index (χ1) is 29.6. The highest BCUT2D eigenvalue weighted by molar-refractivity contribution is 7.99. The first-order valence-corrected chi connectivity index (χ1v) is 21.3. The van der Waals surface area contributed by atoms with E-state index in [4.69, 9.17) is 34.4 Å². The summed E-state index contributed by atoms with van der Waals surface area (Å²) in [5.74, 6) is -4.89. The summed E-state index contributed by atoms with van der Waals surface area (Å²) in [6, 6.07) is 2.77. The van der Waals surface area contributed by atoms with Gasteiger partial charge in [0.1, 0.15) is 5.70 Å². The zero-order valence-corrected chi connectivity index (χ0v) is 36.2. The van der Waals surface area contributed by atoms with E-state index in [1.165, 1.54) is 20.1 Å². The maximum absolute atomic E-state index is 14.2. The Bertz CT molecular complexity index is 2020. The van der Waals surface area contributed by atoms with Gasteiger partial charge in [0.25, 0.3) is 5.91 Å². The number of aliphatic imine (C=N–C) groups is 3. The highest BCUT2D eigenvalue weighted by Gasteiger charge is 2.35. The Kier molecular flexibility index (Phi) is 22.3. The number of nitrogens with zero attached hydrogens (tertiary/aromatic N) is 3. The molecule has 0 aliphatic heterocycles. The van der Waals surface area contributed by atoms with E-state index in [0.29, 0.717) is 57.0 Å². The van der Waals surface area contributed by atoms with Crippen LogP contribution < -0.4 is 55.7 Å². The van der Waals surface area contributed by atoms with Crippen LogP contribution in [0.15, 0.2) is 60.8 Å². The van der Waals surface area contributed by atoms with Crippen molar-refractivity contribution < 1.29 is 45.5 Å². The largest absolute Gasteiger partial charge is 0.416 e. The smallest absolute Gasteiger partial charge is 0.370 e. The maximum atomic E-state index is 14.2. The predicted octanol–water partition coefficient (Wildman–Crippen LogP) is 4.78. The minimum absolute atomic E-state index is 0.00816. The van der Waals surface area contributed by atoms with Crippen LogP contribution in [0.4, 0.5) is 49.1 Å². The third-order valence-corrected chi connectivity index (χ3v) is 10.4. The summed E-state index contributed by atoms with van der Waals surface area (Å²) in [5.41, 5.74) is 28.5. The molecule has 0 saturated heterocycles. The fourth-order valence-corrected chi connectivity index (χ4v) is 7.09. The van der Waals surface area contributed by atoms with Crippen molar-refractivity contribution in [3.05, 3.63) is 47.2 Å². The van der Waals surface area contributed by atoms with Crippen molar-refractivity contribution >= 4 is 88.0 Å². The van der Waals surface area contributed by atoms with E-state index in [-0.39, 0.29) is 81.9 Å². The third-order valence-electron chi connectivity index (χ3n) is 8.19. The fraction of sp³-hybridized carbons (Fsp3) is 0.447. The Hall–Kier alpha value is -5.53. The van der Waals surface area contributed by atoms with E-state index in [1.54, 1.807) is 0 Å². The summed E-state index contributed by atoms with van der Waals surface area (Å²) in [7, 11) is 0. The van der Waals surface area contributed by atoms with Crippen LogP contribution in [0.3, 0.4) is 0 Å². The fourth-order valence-electron chi connectivity index (χ4n) is 5.26. The van der Waals surface area contributed by atoms with Crippen LogP contribution in [0.25, 0.3) is 0 Å². The molecule has 2 rings (SSSR count). The molecule has 2 aromatic carbocycles. The number of guanidine groups is 2. The molecule has 0 aliphatic rings. The molecule has 0 heterocycles. The monoisotopic (exact) mass is 933 g/mol. The van der Waals surface area contributed by atoms with Crippen LogP contribution in [0, 0.1) is 5.92 Å². The number of nitrogens with one attached hydrogen (secondary N) is 4. The number of carbonyl (C=O) groups is 4. The molecule has 0 saturated carbocycles. The van der Waals surface area contributed by atoms with Crippen LogP contribution in [-0.4, -0.2) is 79.4 Å². The number of alkyl halides is 6. The second kappa shape index (κ2) is 26.2. The number of anilines is 4. The number of unbranched alkanes of at least 4 members (excludes halogenated alkanes) is 2. The van der Waals surface area contributed by atoms with Crippen molar-refractivity contribution in [2.45, 2.75) is 74.5 Å². The number of nitrogens with two attached hydrogens (primary N) is 6. The van der Waals surface area contributed by atoms with Gasteiger partial charge in [-0.2, -0.15) is 26.3 Å². The molecule has 348 valence electrons. The van der Waals surface area contributed by atoms with E-state index in [9.17, 15) is 45.5 Å². The van der Waals surface area contributed by atoms with Gasteiger partial charge in [-0.05, 0) is 83.0 Å². The molecule has 0 spiro atoms. The van der Waals surface area contributed by atoms with Crippen molar-refractivity contribution in [2.24, 2.45) is 55.3 Å². The molecular formula is C38H53F6N13O4S2. The van der Waals surface area contributed by atoms with Crippen LogP contribution in [0.5, 0.6) is 0 Å². The lowest BCUT2D eigenvalue weighted by molar-refractivity contribution is -0.138. The summed E-state index contributed by atoms with van der Waals surface area (Å²) in [6.45, 7) is 3.32. The second-order valence-electron chi connectivity index (χ2n) is 13.4. The first kappa shape index (κ1) is 53.6. The summed E-state index contributed by atoms with van der Waals surface area (Å²) >= 11 is 1.86. The SMILES string of the molecule is CC=N/C(=C\C(C)C(=O)Nc1cc(C(F)(F)F)cc(NC(=O)CCCCN)c1SCCN=C(N)N)C(=O)Nc1cc(C(F)(F)F)cc(NC(=O)CCCCN)c1SCCN=C(N)N. The van der Waals surface area contributed by atoms with Gasteiger partial charge in [0.05, 0.1) is 62.7 Å². The summed E-state index contributed by atoms with van der Waals surface area (Å²) in [6.07, 6.45) is -6.08. The normalized spacial score (nSPS) is 12.4. The second-order valence-corrected chi connectivity index (χ2v) is 15.6. The Balaban J connectivity index is 2.65. The number of amides is 4. The van der Waals surface area contributed by atoms with Gasteiger partial charge >= 0.3 is 12.4 Å². The average Bonchev–Trinajstić information content (AvgIpc) is 3.18. The van der Waals surface area contributed by atoms with Crippen LogP contribution in [0.1, 0.15) is 63.5 Å². The quantitative estimate of drug-likeness (QED) is 0.0170. The molecule has 16 N–H and O–H groups in total. The first-order valence-electron chi connectivity index (χ1n) is 19.3. The van der Waals surface area contributed by atoms with E-state index >= 15 is 0 Å². The van der Waals surface area contributed by atoms with Gasteiger partial charge in [-0.25, -0.2) is 0 Å². The molecule has 0 bridgehead atoms. The number of hydrogen-bond donors (Lipinski definition) is 10. The van der Waals surface area contributed by atoms with Crippen molar-refractivity contribution in [1.29, 1.82) is 0 Å². The zero-order valence-electron chi connectivity index (χ0n) is 34.5. The zero-order chi connectivity index (χ0) is 47.3. The Morgan fingerprint density at radius 1 is 0.667 bits per heavy atom. The van der Waals surface area contributed by atoms with Gasteiger partial charge in [0.15, 0.2) is 11.9 Å². The highest BCUT2D eigenvalue weighted by atomic mass is 32.2. The molecule has 4 amide bonds. The van der Waals surface area contributed by atoms with Gasteiger partial charge in [0.2, 0.25) is 17.7 Å². The van der Waals surface area contributed by atoms with E-state index in [0.717, 1.165) is 35.7 Å². The Labute approximate surface area is 368 Å². The Morgan fingerprint density at radius 2 is 1.06 bits per heavy atom. The number of halogens is 6. The molecule has 2 aromatic rings. The molecule has 0 aliphatic carbocycles. The van der Waals surface area contributed by atoms with Crippen molar-refractivity contribution in [2.75, 3.05) is 59.0 Å². The number of carbonyl (C=O) groups excluding carboxylic acids is 4. The van der Waals surface area contributed by atoms with Gasteiger partial charge in [0, 0.05) is 30.6 Å². The van der Waals surface area contributed by atoms with Crippen molar-refractivity contribution in [1.82, 2.24) is 0 Å². The summed E-state index contributed by atoms with van der Waals surface area (Å²) < 4.78 is 85.3. The minimum Gasteiger partial charge on any atom is -0.370 e. The number of benzene rings is 2. The minimum atomic E-state index is -4.94. The van der Waals surface area contributed by atoms with E-state index < -0.39 is 58.7 Å². The van der Waals surface area contributed by atoms with E-state index in [1.807, 2.05) is 0 Å². The number of rotatable bonds is 24. The number of thioether (sulfide) groups is 2. The number of hydrogen-bond acceptors (Lipinski definition) is 11. The van der Waals surface area contributed by atoms with Crippen molar-refractivity contribution in [3.8, 4) is 0 Å². The molecule has 1 unspecified atom stereocenters. The molecule has 0 fully saturated rings. The van der Waals surface area contributed by atoms with Crippen molar-refractivity contribution in [3.63, 3.8) is 0 Å². The summed E-state index contributed by atoms with van der Waals surface area (Å²) in [5, 5.41) is 9.81. The van der Waals surface area contributed by atoms with E-state index in [2.05, 4.69) is 36.2 Å².